The van der Waals surface area contributed by atoms with Gasteiger partial charge >= 0.3 is 0 Å². The normalized spacial score (nSPS) is 30.8. The van der Waals surface area contributed by atoms with Crippen LogP contribution >= 0.6 is 12.4 Å². The van der Waals surface area contributed by atoms with Crippen molar-refractivity contribution < 1.29 is 8.42 Å². The van der Waals surface area contributed by atoms with E-state index in [4.69, 9.17) is 5.73 Å². The first-order valence-electron chi connectivity index (χ1n) is 6.99. The highest BCUT2D eigenvalue weighted by atomic mass is 35.5. The Bertz CT molecular complexity index is 377. The standard InChI is InChI=1S/C12H25N3O2S.ClH/c1-11-4-2-6-14(9-11)18(16,17)15-7-3-5-12(8-13)10-15;/h11-12H,2-10,13H2,1H3;1H. The molecular weight excluding hydrogens is 286 g/mol. The van der Waals surface area contributed by atoms with Crippen LogP contribution in [-0.4, -0.2) is 49.8 Å². The Kier molecular flexibility index (Phi) is 6.53. The molecule has 2 atom stereocenters. The Labute approximate surface area is 123 Å². The molecule has 0 aromatic carbocycles. The summed E-state index contributed by atoms with van der Waals surface area (Å²) in [5, 5.41) is 0. The van der Waals surface area contributed by atoms with E-state index in [2.05, 4.69) is 6.92 Å². The molecule has 7 heteroatoms. The van der Waals surface area contributed by atoms with Crippen LogP contribution in [0.4, 0.5) is 0 Å². The maximum atomic E-state index is 12.6. The van der Waals surface area contributed by atoms with Crippen LogP contribution in [0.2, 0.25) is 0 Å². The molecule has 0 radical (unpaired) electrons. The third-order valence-electron chi connectivity index (χ3n) is 4.09. The Morgan fingerprint density at radius 2 is 1.68 bits per heavy atom. The van der Waals surface area contributed by atoms with E-state index in [1.165, 1.54) is 0 Å². The van der Waals surface area contributed by atoms with Gasteiger partial charge in [-0.05, 0) is 44.1 Å². The Hall–Kier alpha value is 0.120. The van der Waals surface area contributed by atoms with Gasteiger partial charge < -0.3 is 5.73 Å². The molecule has 0 spiro atoms. The Morgan fingerprint density at radius 1 is 1.11 bits per heavy atom. The number of piperidine rings is 2. The van der Waals surface area contributed by atoms with Crippen molar-refractivity contribution in [2.45, 2.75) is 32.6 Å². The fourth-order valence-corrected chi connectivity index (χ4v) is 4.84. The summed E-state index contributed by atoms with van der Waals surface area (Å²) in [4.78, 5) is 0. The second-order valence-electron chi connectivity index (χ2n) is 5.72. The summed E-state index contributed by atoms with van der Waals surface area (Å²) in [6.07, 6.45) is 4.11. The fraction of sp³-hybridized carbons (Fsp3) is 1.00. The van der Waals surface area contributed by atoms with Crippen molar-refractivity contribution in [2.75, 3.05) is 32.7 Å². The molecule has 2 unspecified atom stereocenters. The second-order valence-corrected chi connectivity index (χ2v) is 7.64. The minimum absolute atomic E-state index is 0. The number of nitrogens with two attached hydrogens (primary N) is 1. The van der Waals surface area contributed by atoms with Gasteiger partial charge in [-0.25, -0.2) is 0 Å². The molecule has 0 aromatic heterocycles. The average molecular weight is 312 g/mol. The monoisotopic (exact) mass is 311 g/mol. The van der Waals surface area contributed by atoms with Gasteiger partial charge in [0, 0.05) is 26.2 Å². The lowest BCUT2D eigenvalue weighted by Crippen LogP contribution is -2.51. The zero-order chi connectivity index (χ0) is 13.2. The van der Waals surface area contributed by atoms with Gasteiger partial charge in [-0.15, -0.1) is 12.4 Å². The molecule has 5 nitrogen and oxygen atoms in total. The van der Waals surface area contributed by atoms with Crippen LogP contribution in [-0.2, 0) is 10.2 Å². The summed E-state index contributed by atoms with van der Waals surface area (Å²) in [6.45, 7) is 5.32. The first kappa shape index (κ1) is 17.2. The van der Waals surface area contributed by atoms with Crippen molar-refractivity contribution in [1.82, 2.24) is 8.61 Å². The number of nitrogens with zero attached hydrogens (tertiary/aromatic N) is 2. The van der Waals surface area contributed by atoms with Crippen LogP contribution in [0, 0.1) is 11.8 Å². The molecule has 2 saturated heterocycles. The molecule has 0 amide bonds. The predicted molar refractivity (Wildman–Crippen MR) is 79.5 cm³/mol. The molecule has 19 heavy (non-hydrogen) atoms. The van der Waals surface area contributed by atoms with Gasteiger partial charge in [0.05, 0.1) is 0 Å². The summed E-state index contributed by atoms with van der Waals surface area (Å²) in [6, 6.07) is 0. The molecule has 2 fully saturated rings. The molecule has 0 bridgehead atoms. The molecular formula is C12H26ClN3O2S. The summed E-state index contributed by atoms with van der Waals surface area (Å²) in [5.41, 5.74) is 5.67. The summed E-state index contributed by atoms with van der Waals surface area (Å²) >= 11 is 0. The van der Waals surface area contributed by atoms with Crippen molar-refractivity contribution in [3.8, 4) is 0 Å². The summed E-state index contributed by atoms with van der Waals surface area (Å²) < 4.78 is 28.4. The largest absolute Gasteiger partial charge is 0.330 e. The smallest absolute Gasteiger partial charge is 0.281 e. The van der Waals surface area contributed by atoms with E-state index < -0.39 is 10.2 Å². The Morgan fingerprint density at radius 3 is 2.26 bits per heavy atom. The minimum Gasteiger partial charge on any atom is -0.330 e. The van der Waals surface area contributed by atoms with Gasteiger partial charge in [-0.3, -0.25) is 0 Å². The number of halogens is 1. The number of rotatable bonds is 3. The molecule has 0 saturated carbocycles. The average Bonchev–Trinajstić information content (AvgIpc) is 2.39. The third-order valence-corrected chi connectivity index (χ3v) is 6.06. The second kappa shape index (κ2) is 7.22. The highest BCUT2D eigenvalue weighted by Gasteiger charge is 2.34. The topological polar surface area (TPSA) is 66.6 Å². The van der Waals surface area contributed by atoms with Crippen molar-refractivity contribution in [2.24, 2.45) is 17.6 Å². The highest BCUT2D eigenvalue weighted by molar-refractivity contribution is 7.86. The number of hydrogen-bond donors (Lipinski definition) is 1. The van der Waals surface area contributed by atoms with Gasteiger partial charge in [0.25, 0.3) is 10.2 Å². The maximum Gasteiger partial charge on any atom is 0.281 e. The lowest BCUT2D eigenvalue weighted by molar-refractivity contribution is 0.225. The lowest BCUT2D eigenvalue weighted by Gasteiger charge is -2.37. The van der Waals surface area contributed by atoms with E-state index in [-0.39, 0.29) is 12.4 Å². The first-order chi connectivity index (χ1) is 8.54. The van der Waals surface area contributed by atoms with Gasteiger partial charge in [0.15, 0.2) is 0 Å². The summed E-state index contributed by atoms with van der Waals surface area (Å²) in [5.74, 6) is 0.805. The van der Waals surface area contributed by atoms with Gasteiger partial charge in [0.1, 0.15) is 0 Å². The minimum atomic E-state index is -3.25. The van der Waals surface area contributed by atoms with E-state index in [0.717, 1.165) is 25.7 Å². The van der Waals surface area contributed by atoms with E-state index in [1.54, 1.807) is 8.61 Å². The van der Waals surface area contributed by atoms with Crippen LogP contribution < -0.4 is 5.73 Å². The van der Waals surface area contributed by atoms with Crippen molar-refractivity contribution in [3.05, 3.63) is 0 Å². The van der Waals surface area contributed by atoms with Crippen molar-refractivity contribution in [1.29, 1.82) is 0 Å². The van der Waals surface area contributed by atoms with Crippen LogP contribution in [0.5, 0.6) is 0 Å². The third kappa shape index (κ3) is 4.04. The quantitative estimate of drug-likeness (QED) is 0.847. The summed E-state index contributed by atoms with van der Waals surface area (Å²) in [7, 11) is -3.25. The highest BCUT2D eigenvalue weighted by Crippen LogP contribution is 2.24. The number of hydrogen-bond acceptors (Lipinski definition) is 3. The SMILES string of the molecule is CC1CCCN(S(=O)(=O)N2CCCC(CN)C2)C1.Cl. The molecule has 2 aliphatic heterocycles. The lowest BCUT2D eigenvalue weighted by atomic mass is 10.0. The molecule has 2 aliphatic rings. The van der Waals surface area contributed by atoms with E-state index >= 15 is 0 Å². The van der Waals surface area contributed by atoms with Gasteiger partial charge in [-0.1, -0.05) is 6.92 Å². The molecule has 0 aliphatic carbocycles. The Balaban J connectivity index is 0.00000180. The molecule has 2 rings (SSSR count). The predicted octanol–water partition coefficient (Wildman–Crippen LogP) is 1.06. The first-order valence-corrected chi connectivity index (χ1v) is 8.39. The van der Waals surface area contributed by atoms with E-state index in [0.29, 0.717) is 44.6 Å². The zero-order valence-electron chi connectivity index (χ0n) is 11.6. The van der Waals surface area contributed by atoms with Crippen LogP contribution in [0.15, 0.2) is 0 Å². The molecule has 0 aromatic rings. The van der Waals surface area contributed by atoms with Crippen LogP contribution in [0.25, 0.3) is 0 Å². The zero-order valence-corrected chi connectivity index (χ0v) is 13.3. The van der Waals surface area contributed by atoms with Crippen molar-refractivity contribution >= 4 is 22.6 Å². The van der Waals surface area contributed by atoms with Crippen molar-refractivity contribution in [3.63, 3.8) is 0 Å². The molecule has 2 heterocycles. The van der Waals surface area contributed by atoms with Gasteiger partial charge in [0.2, 0.25) is 0 Å². The molecule has 114 valence electrons. The van der Waals surface area contributed by atoms with Crippen LogP contribution in [0.1, 0.15) is 32.6 Å². The fourth-order valence-electron chi connectivity index (χ4n) is 2.95. The molecule has 2 N–H and O–H groups in total. The van der Waals surface area contributed by atoms with Crippen LogP contribution in [0.3, 0.4) is 0 Å². The maximum absolute atomic E-state index is 12.6. The van der Waals surface area contributed by atoms with Gasteiger partial charge in [-0.2, -0.15) is 17.0 Å². The van der Waals surface area contributed by atoms with E-state index in [1.807, 2.05) is 0 Å². The van der Waals surface area contributed by atoms with E-state index in [9.17, 15) is 8.42 Å².